The summed E-state index contributed by atoms with van der Waals surface area (Å²) in [6.45, 7) is 12.4. The first-order valence-corrected chi connectivity index (χ1v) is 25.3. The summed E-state index contributed by atoms with van der Waals surface area (Å²) in [7, 11) is 1.50. The number of piperidine rings is 1. The minimum Gasteiger partial charge on any atom is -0.464 e. The van der Waals surface area contributed by atoms with Crippen molar-refractivity contribution in [1.82, 2.24) is 33.6 Å². The summed E-state index contributed by atoms with van der Waals surface area (Å²) in [6, 6.07) is 14.6. The Balaban J connectivity index is 0.826. The van der Waals surface area contributed by atoms with E-state index in [2.05, 4.69) is 35.4 Å². The molecule has 0 radical (unpaired) electrons. The number of aryl methyl sites for hydroxylation is 1. The highest BCUT2D eigenvalue weighted by molar-refractivity contribution is 14.1. The Morgan fingerprint density at radius 1 is 0.930 bits per heavy atom. The number of anilines is 4. The zero-order chi connectivity index (χ0) is 50.3. The number of hydrogen-bond acceptors (Lipinski definition) is 12. The molecule has 19 heteroatoms. The Morgan fingerprint density at radius 3 is 2.34 bits per heavy atom. The molecular formula is C52H55ClFIN10O6. The van der Waals surface area contributed by atoms with E-state index in [9.17, 15) is 24.0 Å². The number of carbonyl (C=O) groups is 2. The van der Waals surface area contributed by atoms with Gasteiger partial charge in [0, 0.05) is 47.2 Å². The van der Waals surface area contributed by atoms with E-state index < -0.39 is 33.5 Å². The van der Waals surface area contributed by atoms with Crippen LogP contribution in [0.3, 0.4) is 0 Å². The van der Waals surface area contributed by atoms with Crippen molar-refractivity contribution in [3.8, 4) is 5.69 Å². The van der Waals surface area contributed by atoms with Gasteiger partial charge in [-0.15, -0.1) is 0 Å². The Bertz CT molecular complexity index is 3490. The molecule has 5 aromatic heterocycles. The van der Waals surface area contributed by atoms with Crippen LogP contribution in [0.5, 0.6) is 0 Å². The zero-order valence-corrected chi connectivity index (χ0v) is 43.3. The number of nitrogens with zero attached hydrogens (tertiary/aromatic N) is 7. The summed E-state index contributed by atoms with van der Waals surface area (Å²) in [5, 5.41) is 7.74. The second-order valence-electron chi connectivity index (χ2n) is 20.5. The number of hydrogen-bond donors (Lipinski definition) is 3. The third-order valence-electron chi connectivity index (χ3n) is 15.2. The van der Waals surface area contributed by atoms with Crippen molar-refractivity contribution >= 4 is 90.7 Å². The fourth-order valence-corrected chi connectivity index (χ4v) is 11.0. The van der Waals surface area contributed by atoms with Crippen LogP contribution < -0.4 is 32.3 Å². The number of nitrogens with one attached hydrogen (secondary N) is 3. The monoisotopic (exact) mass is 1100 g/mol. The number of pyridine rings is 1. The molecule has 1 spiro atoms. The number of rotatable bonds is 14. The summed E-state index contributed by atoms with van der Waals surface area (Å²) >= 11 is 8.51. The van der Waals surface area contributed by atoms with E-state index >= 15 is 4.39 Å². The van der Waals surface area contributed by atoms with Crippen LogP contribution in [0.4, 0.5) is 27.4 Å². The first kappa shape index (κ1) is 48.5. The first-order valence-electron chi connectivity index (χ1n) is 23.9. The number of aromatic nitrogens is 6. The molecule has 71 heavy (non-hydrogen) atoms. The van der Waals surface area contributed by atoms with Crippen LogP contribution in [0.2, 0.25) is 5.02 Å². The maximum atomic E-state index is 15.2. The van der Waals surface area contributed by atoms with Gasteiger partial charge < -0.3 is 24.9 Å². The highest BCUT2D eigenvalue weighted by Crippen LogP contribution is 2.44. The molecule has 16 nitrogen and oxygen atoms in total. The number of carbonyl (C=O) groups excluding carboxylic acids is 2. The van der Waals surface area contributed by atoms with E-state index in [0.717, 1.165) is 62.3 Å². The first-order chi connectivity index (χ1) is 33.8. The largest absolute Gasteiger partial charge is 0.464 e. The summed E-state index contributed by atoms with van der Waals surface area (Å²) in [5.41, 5.74) is -1.67. The summed E-state index contributed by atoms with van der Waals surface area (Å²) in [4.78, 5) is 87.3. The average molecular weight is 1100 g/mol. The zero-order valence-electron chi connectivity index (χ0n) is 40.4. The lowest BCUT2D eigenvalue weighted by atomic mass is 9.77. The van der Waals surface area contributed by atoms with Crippen molar-refractivity contribution in [2.75, 3.05) is 54.8 Å². The van der Waals surface area contributed by atoms with Gasteiger partial charge in [0.1, 0.15) is 46.3 Å². The van der Waals surface area contributed by atoms with Crippen LogP contribution in [0, 0.1) is 21.7 Å². The number of halogens is 3. The Morgan fingerprint density at radius 2 is 1.63 bits per heavy atom. The van der Waals surface area contributed by atoms with Gasteiger partial charge in [-0.3, -0.25) is 37.8 Å². The molecule has 2 aromatic carbocycles. The van der Waals surface area contributed by atoms with Crippen molar-refractivity contribution in [3.05, 3.63) is 130 Å². The van der Waals surface area contributed by atoms with Gasteiger partial charge in [0.2, 0.25) is 0 Å². The molecule has 1 aliphatic carbocycles. The molecule has 3 fully saturated rings. The Kier molecular flexibility index (Phi) is 12.4. The van der Waals surface area contributed by atoms with Crippen molar-refractivity contribution < 1.29 is 18.4 Å². The molecule has 0 unspecified atom stereocenters. The number of furan rings is 1. The second-order valence-corrected chi connectivity index (χ2v) is 22.2. The normalized spacial score (nSPS) is 16.4. The van der Waals surface area contributed by atoms with Gasteiger partial charge in [0.05, 0.1) is 51.2 Å². The van der Waals surface area contributed by atoms with Crippen LogP contribution in [0.15, 0.2) is 85.9 Å². The lowest BCUT2D eigenvalue weighted by molar-refractivity contribution is -0.125. The molecular weight excluding hydrogens is 1040 g/mol. The lowest BCUT2D eigenvalue weighted by Gasteiger charge is -2.39. The summed E-state index contributed by atoms with van der Waals surface area (Å²) < 4.78 is 26.1. The fraction of sp³-hybridized carbons (Fsp3) is 0.404. The summed E-state index contributed by atoms with van der Waals surface area (Å²) in [5.74, 6) is 1.08. The van der Waals surface area contributed by atoms with Crippen molar-refractivity contribution in [1.29, 1.82) is 0 Å². The van der Waals surface area contributed by atoms with Crippen molar-refractivity contribution in [2.45, 2.75) is 83.6 Å². The number of ketones is 2. The number of likely N-dealkylation sites (tertiary alicyclic amines) is 1. The minimum atomic E-state index is -1.09. The van der Waals surface area contributed by atoms with Gasteiger partial charge in [-0.25, -0.2) is 19.2 Å². The van der Waals surface area contributed by atoms with Crippen molar-refractivity contribution in [3.63, 3.8) is 0 Å². The van der Waals surface area contributed by atoms with E-state index in [1.165, 1.54) is 32.9 Å². The maximum absolute atomic E-state index is 15.2. The average Bonchev–Trinajstić information content (AvgIpc) is 3.68. The molecule has 3 N–H and O–H groups in total. The third kappa shape index (κ3) is 8.68. The molecule has 0 amide bonds. The van der Waals surface area contributed by atoms with Gasteiger partial charge in [-0.2, -0.15) is 0 Å². The van der Waals surface area contributed by atoms with Gasteiger partial charge in [-0.05, 0) is 156 Å². The minimum absolute atomic E-state index is 0.0286. The van der Waals surface area contributed by atoms with Gasteiger partial charge >= 0.3 is 5.69 Å². The molecule has 3 aliphatic rings. The predicted octanol–water partition coefficient (Wildman–Crippen LogP) is 8.30. The molecule has 7 aromatic rings. The molecule has 370 valence electrons. The Labute approximate surface area is 426 Å². The van der Waals surface area contributed by atoms with E-state index in [0.29, 0.717) is 44.3 Å². The smallest absolute Gasteiger partial charge is 0.336 e. The maximum Gasteiger partial charge on any atom is 0.336 e. The van der Waals surface area contributed by atoms with E-state index in [1.807, 2.05) is 36.4 Å². The van der Waals surface area contributed by atoms with Crippen LogP contribution in [0.25, 0.3) is 27.6 Å². The van der Waals surface area contributed by atoms with Gasteiger partial charge in [-0.1, -0.05) is 17.7 Å². The van der Waals surface area contributed by atoms with E-state index in [-0.39, 0.29) is 64.1 Å². The van der Waals surface area contributed by atoms with E-state index in [4.69, 9.17) is 16.0 Å². The molecule has 7 heterocycles. The van der Waals surface area contributed by atoms with Crippen LogP contribution >= 0.6 is 34.2 Å². The molecule has 2 saturated heterocycles. The third-order valence-corrected chi connectivity index (χ3v) is 16.1. The van der Waals surface area contributed by atoms with Crippen molar-refractivity contribution in [2.24, 2.45) is 12.5 Å². The molecule has 2 aliphatic heterocycles. The van der Waals surface area contributed by atoms with Crippen LogP contribution in [0.1, 0.15) is 82.9 Å². The van der Waals surface area contributed by atoms with Gasteiger partial charge in [0.15, 0.2) is 11.6 Å². The molecule has 0 bridgehead atoms. The molecule has 0 atom stereocenters. The van der Waals surface area contributed by atoms with Crippen LogP contribution in [-0.4, -0.2) is 84.4 Å². The molecule has 1 saturated carbocycles. The topological polar surface area (TPSA) is 185 Å². The number of benzene rings is 2. The quantitative estimate of drug-likeness (QED) is 0.0887. The number of Topliss-reactive ketones (excluding diaryl/α,β-unsaturated/α-hetero) is 2. The SMILES string of the molecule is Cc1c(=O)n(C)c(Nc2ccc(I)cc2F)c2c(=O)n(C3CC3)c(=O)n(-c3cccc(NCC(=O)C(C)(C)c4ccc(C(C)(C)C(=O)CN5CCC6(CC5)CCN(c5ncnc7[nH]cc(Cl)c57)C6)o4)c3)c12. The number of fused-ring (bicyclic) bond motifs is 2. The fourth-order valence-electron chi connectivity index (χ4n) is 10.3. The summed E-state index contributed by atoms with van der Waals surface area (Å²) in [6.07, 6.45) is 7.55. The van der Waals surface area contributed by atoms with Crippen LogP contribution in [-0.2, 0) is 27.5 Å². The second kappa shape index (κ2) is 18.2. The number of H-pyrrole nitrogens is 1. The highest BCUT2D eigenvalue weighted by Gasteiger charge is 2.44. The van der Waals surface area contributed by atoms with E-state index in [1.54, 1.807) is 75.8 Å². The molecule has 10 rings (SSSR count). The van der Waals surface area contributed by atoms with Gasteiger partial charge in [0.25, 0.3) is 11.1 Å². The highest BCUT2D eigenvalue weighted by atomic mass is 127. The Hall–Kier alpha value is -6.12. The number of aromatic amines is 1. The predicted molar refractivity (Wildman–Crippen MR) is 282 cm³/mol. The lowest BCUT2D eigenvalue weighted by Crippen LogP contribution is -2.46. The standard InChI is InChI=1S/C52H55ClFIN10O6/c1-29-43-42(46(61(6)47(29)68)60-36-13-10-30(55)22-35(36)54)48(69)65(32-11-12-32)49(70)64(43)33-9-7-8-31(23-33)56-25-37(66)50(2,3)39-14-15-40(71-39)51(4,5)38(67)26-62-19-16-52(17-20-62)18-21-63(27-52)45-41-34(53)24-57-44(41)58-28-59-45/h7-10,13-15,22-24,28,32,56,60H,11-12,16-21,25-27H2,1-6H3,(H,57,58,59).